The number of benzene rings is 2. The van der Waals surface area contributed by atoms with Crippen molar-refractivity contribution in [3.63, 3.8) is 0 Å². The second kappa shape index (κ2) is 11.4. The zero-order chi connectivity index (χ0) is 24.8. The predicted molar refractivity (Wildman–Crippen MR) is 135 cm³/mol. The zero-order valence-corrected chi connectivity index (χ0v) is 21.0. The van der Waals surface area contributed by atoms with Gasteiger partial charge in [0.15, 0.2) is 0 Å². The smallest absolute Gasteiger partial charge is 0.254 e. The molecule has 0 saturated carbocycles. The first kappa shape index (κ1) is 24.8. The van der Waals surface area contributed by atoms with Gasteiger partial charge in [0.25, 0.3) is 5.91 Å². The maximum atomic E-state index is 13.7. The minimum Gasteiger partial charge on any atom is -0.497 e. The number of hydrogen-bond donors (Lipinski definition) is 1. The maximum absolute atomic E-state index is 13.7. The number of nitrogens with one attached hydrogen (secondary N) is 1. The second-order valence-electron chi connectivity index (χ2n) is 8.24. The van der Waals surface area contributed by atoms with Crippen molar-refractivity contribution in [3.05, 3.63) is 81.5 Å². The van der Waals surface area contributed by atoms with E-state index in [4.69, 9.17) is 14.2 Å². The number of rotatable bonds is 10. The summed E-state index contributed by atoms with van der Waals surface area (Å²) in [6.07, 6.45) is 0.580. The normalized spacial score (nSPS) is 17.1. The molecule has 1 aromatic heterocycles. The van der Waals surface area contributed by atoms with Gasteiger partial charge in [-0.3, -0.25) is 9.59 Å². The summed E-state index contributed by atoms with van der Waals surface area (Å²) in [6, 6.07) is 16.5. The molecule has 184 valence electrons. The van der Waals surface area contributed by atoms with Gasteiger partial charge in [0.1, 0.15) is 11.5 Å². The Bertz CT molecular complexity index is 1160. The Labute approximate surface area is 209 Å². The van der Waals surface area contributed by atoms with Crippen LogP contribution in [0.15, 0.2) is 60.0 Å². The highest BCUT2D eigenvalue weighted by Crippen LogP contribution is 2.44. The molecule has 0 fully saturated rings. The highest BCUT2D eigenvalue weighted by Gasteiger charge is 2.44. The summed E-state index contributed by atoms with van der Waals surface area (Å²) >= 11 is 1.55. The average Bonchev–Trinajstić information content (AvgIpc) is 3.42. The SMILES string of the molecule is COCCN1C(=O)c2ccccc2[C@H](C(=O)NCCc2cc(OC)ccc2OC)[C@H]1c1cccs1. The Morgan fingerprint density at radius 3 is 2.60 bits per heavy atom. The Morgan fingerprint density at radius 2 is 1.89 bits per heavy atom. The molecule has 1 aliphatic rings. The molecule has 1 aliphatic heterocycles. The molecule has 0 unspecified atom stereocenters. The number of ether oxygens (including phenoxy) is 3. The fraction of sp³-hybridized carbons (Fsp3) is 0.333. The average molecular weight is 495 g/mol. The summed E-state index contributed by atoms with van der Waals surface area (Å²) in [7, 11) is 4.86. The van der Waals surface area contributed by atoms with Crippen LogP contribution in [0.4, 0.5) is 0 Å². The molecule has 2 heterocycles. The van der Waals surface area contributed by atoms with E-state index in [9.17, 15) is 9.59 Å². The van der Waals surface area contributed by atoms with Crippen LogP contribution in [0.25, 0.3) is 0 Å². The summed E-state index contributed by atoms with van der Waals surface area (Å²) in [6.45, 7) is 1.21. The Hall–Kier alpha value is -3.36. The van der Waals surface area contributed by atoms with Crippen LogP contribution < -0.4 is 14.8 Å². The maximum Gasteiger partial charge on any atom is 0.254 e. The van der Waals surface area contributed by atoms with Crippen molar-refractivity contribution >= 4 is 23.2 Å². The molecule has 0 saturated heterocycles. The molecule has 0 spiro atoms. The van der Waals surface area contributed by atoms with Gasteiger partial charge in [0.05, 0.1) is 32.8 Å². The molecule has 0 aliphatic carbocycles. The monoisotopic (exact) mass is 494 g/mol. The summed E-state index contributed by atoms with van der Waals surface area (Å²) in [5.74, 6) is 0.745. The van der Waals surface area contributed by atoms with Crippen molar-refractivity contribution < 1.29 is 23.8 Å². The first-order valence-electron chi connectivity index (χ1n) is 11.5. The molecular formula is C27H30N2O5S. The highest BCUT2D eigenvalue weighted by atomic mass is 32.1. The van der Waals surface area contributed by atoms with Crippen molar-refractivity contribution in [1.82, 2.24) is 10.2 Å². The van der Waals surface area contributed by atoms with Crippen molar-refractivity contribution in [3.8, 4) is 11.5 Å². The molecule has 2 atom stereocenters. The fourth-order valence-corrected chi connectivity index (χ4v) is 5.47. The van der Waals surface area contributed by atoms with Gasteiger partial charge in [0.2, 0.25) is 5.91 Å². The largest absolute Gasteiger partial charge is 0.497 e. The van der Waals surface area contributed by atoms with Crippen LogP contribution in [0.3, 0.4) is 0 Å². The Morgan fingerprint density at radius 1 is 1.06 bits per heavy atom. The summed E-state index contributed by atoms with van der Waals surface area (Å²) in [5, 5.41) is 5.09. The van der Waals surface area contributed by atoms with Crippen molar-refractivity contribution in [2.45, 2.75) is 18.4 Å². The number of nitrogens with zero attached hydrogens (tertiary/aromatic N) is 1. The van der Waals surface area contributed by atoms with Crippen LogP contribution in [0.1, 0.15) is 38.3 Å². The van der Waals surface area contributed by atoms with Gasteiger partial charge >= 0.3 is 0 Å². The lowest BCUT2D eigenvalue weighted by molar-refractivity contribution is -0.124. The van der Waals surface area contributed by atoms with Gasteiger partial charge < -0.3 is 24.4 Å². The number of carbonyl (C=O) groups is 2. The molecule has 0 bridgehead atoms. The lowest BCUT2D eigenvalue weighted by Gasteiger charge is -2.41. The van der Waals surface area contributed by atoms with E-state index in [-0.39, 0.29) is 11.8 Å². The van der Waals surface area contributed by atoms with E-state index in [2.05, 4.69) is 5.32 Å². The quantitative estimate of drug-likeness (QED) is 0.460. The van der Waals surface area contributed by atoms with Crippen LogP contribution in [0, 0.1) is 0 Å². The summed E-state index contributed by atoms with van der Waals surface area (Å²) < 4.78 is 16.1. The highest BCUT2D eigenvalue weighted by molar-refractivity contribution is 7.10. The molecule has 7 nitrogen and oxygen atoms in total. The minimum absolute atomic E-state index is 0.0822. The van der Waals surface area contributed by atoms with Gasteiger partial charge in [0, 0.05) is 30.6 Å². The zero-order valence-electron chi connectivity index (χ0n) is 20.2. The van der Waals surface area contributed by atoms with Crippen LogP contribution >= 0.6 is 11.3 Å². The van der Waals surface area contributed by atoms with Crippen LogP contribution in [-0.4, -0.2) is 57.7 Å². The van der Waals surface area contributed by atoms with Gasteiger partial charge in [-0.1, -0.05) is 24.3 Å². The van der Waals surface area contributed by atoms with E-state index in [0.717, 1.165) is 27.5 Å². The number of fused-ring (bicyclic) bond motifs is 1. The summed E-state index contributed by atoms with van der Waals surface area (Å²) in [5.41, 5.74) is 2.26. The Balaban J connectivity index is 1.62. The molecule has 2 aromatic carbocycles. The number of carbonyl (C=O) groups excluding carboxylic acids is 2. The Kier molecular flexibility index (Phi) is 8.05. The van der Waals surface area contributed by atoms with E-state index in [0.29, 0.717) is 31.7 Å². The molecule has 0 radical (unpaired) electrons. The van der Waals surface area contributed by atoms with Gasteiger partial charge in [-0.05, 0) is 53.3 Å². The van der Waals surface area contributed by atoms with Crippen LogP contribution in [0.5, 0.6) is 11.5 Å². The predicted octanol–water partition coefficient (Wildman–Crippen LogP) is 4.05. The van der Waals surface area contributed by atoms with Gasteiger partial charge in [-0.25, -0.2) is 0 Å². The van der Waals surface area contributed by atoms with E-state index in [1.54, 1.807) is 43.6 Å². The number of thiophene rings is 1. The molecule has 3 aromatic rings. The van der Waals surface area contributed by atoms with E-state index >= 15 is 0 Å². The second-order valence-corrected chi connectivity index (χ2v) is 9.21. The third-order valence-corrected chi connectivity index (χ3v) is 7.22. The van der Waals surface area contributed by atoms with E-state index < -0.39 is 12.0 Å². The molecule has 8 heteroatoms. The molecule has 1 N–H and O–H groups in total. The molecule has 35 heavy (non-hydrogen) atoms. The number of amides is 2. The third kappa shape index (κ3) is 5.18. The van der Waals surface area contributed by atoms with E-state index in [1.165, 1.54) is 0 Å². The standard InChI is InChI=1S/C27H30N2O5S/c1-32-15-14-29-25(23-9-6-16-35-23)24(20-7-4-5-8-21(20)27(29)31)26(30)28-13-12-18-17-19(33-2)10-11-22(18)34-3/h4-11,16-17,24-25H,12-15H2,1-3H3,(H,28,30)/t24-,25+/m0/s1. The van der Waals surface area contributed by atoms with E-state index in [1.807, 2.05) is 53.9 Å². The lowest BCUT2D eigenvalue weighted by atomic mass is 9.81. The van der Waals surface area contributed by atoms with Gasteiger partial charge in [-0.15, -0.1) is 11.3 Å². The molecule has 4 rings (SSSR count). The number of methoxy groups -OCH3 is 3. The lowest BCUT2D eigenvalue weighted by Crippen LogP contribution is -2.48. The topological polar surface area (TPSA) is 77.1 Å². The summed E-state index contributed by atoms with van der Waals surface area (Å²) in [4.78, 5) is 29.9. The molecular weight excluding hydrogens is 464 g/mol. The van der Waals surface area contributed by atoms with Crippen LogP contribution in [0.2, 0.25) is 0 Å². The fourth-order valence-electron chi connectivity index (χ4n) is 4.59. The van der Waals surface area contributed by atoms with Crippen molar-refractivity contribution in [1.29, 1.82) is 0 Å². The van der Waals surface area contributed by atoms with Crippen LogP contribution in [-0.2, 0) is 16.0 Å². The van der Waals surface area contributed by atoms with Gasteiger partial charge in [-0.2, -0.15) is 0 Å². The number of hydrogen-bond acceptors (Lipinski definition) is 6. The van der Waals surface area contributed by atoms with Crippen molar-refractivity contribution in [2.75, 3.05) is 41.0 Å². The third-order valence-electron chi connectivity index (χ3n) is 6.27. The molecule has 2 amide bonds. The first-order chi connectivity index (χ1) is 17.1. The minimum atomic E-state index is -0.536. The van der Waals surface area contributed by atoms with Crippen molar-refractivity contribution in [2.24, 2.45) is 0 Å². The first-order valence-corrected chi connectivity index (χ1v) is 12.4.